The molecule has 0 bridgehead atoms. The first-order chi connectivity index (χ1) is 11.3. The van der Waals surface area contributed by atoms with Crippen molar-refractivity contribution in [2.75, 3.05) is 5.32 Å². The summed E-state index contributed by atoms with van der Waals surface area (Å²) in [4.78, 5) is 17.0. The van der Waals surface area contributed by atoms with Gasteiger partial charge in [-0.3, -0.25) is 9.78 Å². The van der Waals surface area contributed by atoms with Gasteiger partial charge >= 0.3 is 0 Å². The van der Waals surface area contributed by atoms with Crippen molar-refractivity contribution in [3.8, 4) is 0 Å². The summed E-state index contributed by atoms with van der Waals surface area (Å²) in [7, 11) is 0. The number of carbonyl (C=O) groups excluding carboxylic acids is 1. The van der Waals surface area contributed by atoms with Crippen molar-refractivity contribution in [3.05, 3.63) is 84.6 Å². The number of carbonyl (C=O) groups is 1. The van der Waals surface area contributed by atoms with Crippen molar-refractivity contribution in [2.45, 2.75) is 0 Å². The average molecular weight is 298 g/mol. The van der Waals surface area contributed by atoms with Crippen LogP contribution in [0.5, 0.6) is 0 Å². The van der Waals surface area contributed by atoms with Crippen LogP contribution in [0.25, 0.3) is 21.7 Å². The van der Waals surface area contributed by atoms with Crippen molar-refractivity contribution in [2.24, 2.45) is 0 Å². The zero-order chi connectivity index (χ0) is 15.6. The Hall–Kier alpha value is -3.20. The van der Waals surface area contributed by atoms with Gasteiger partial charge in [0, 0.05) is 22.5 Å². The van der Waals surface area contributed by atoms with Crippen molar-refractivity contribution in [3.63, 3.8) is 0 Å². The number of hydrogen-bond acceptors (Lipinski definition) is 2. The topological polar surface area (TPSA) is 42.0 Å². The molecule has 0 aliphatic carbocycles. The molecule has 3 nitrogen and oxygen atoms in total. The van der Waals surface area contributed by atoms with Gasteiger partial charge in [-0.25, -0.2) is 0 Å². The fourth-order valence-electron chi connectivity index (χ4n) is 2.80. The summed E-state index contributed by atoms with van der Waals surface area (Å²) in [6.07, 6.45) is 1.78. The first kappa shape index (κ1) is 13.5. The van der Waals surface area contributed by atoms with E-state index in [0.717, 1.165) is 27.4 Å². The van der Waals surface area contributed by atoms with Crippen molar-refractivity contribution in [1.29, 1.82) is 0 Å². The monoisotopic (exact) mass is 298 g/mol. The lowest BCUT2D eigenvalue weighted by atomic mass is 10.0. The van der Waals surface area contributed by atoms with Gasteiger partial charge in [0.1, 0.15) is 0 Å². The van der Waals surface area contributed by atoms with Crippen molar-refractivity contribution < 1.29 is 4.79 Å². The molecule has 1 N–H and O–H groups in total. The van der Waals surface area contributed by atoms with Crippen LogP contribution in [0, 0.1) is 0 Å². The zero-order valence-corrected chi connectivity index (χ0v) is 12.4. The van der Waals surface area contributed by atoms with E-state index in [1.54, 1.807) is 18.3 Å². The second kappa shape index (κ2) is 5.54. The second-order valence-electron chi connectivity index (χ2n) is 5.36. The number of anilines is 1. The van der Waals surface area contributed by atoms with E-state index in [1.807, 2.05) is 54.6 Å². The highest BCUT2D eigenvalue weighted by Crippen LogP contribution is 2.30. The largest absolute Gasteiger partial charge is 0.321 e. The molecule has 3 heteroatoms. The number of nitrogens with zero attached hydrogens (tertiary/aromatic N) is 1. The Labute approximate surface area is 133 Å². The number of fused-ring (bicyclic) bond motifs is 3. The summed E-state index contributed by atoms with van der Waals surface area (Å²) in [5, 5.41) is 6.10. The summed E-state index contributed by atoms with van der Waals surface area (Å²) < 4.78 is 0. The molecule has 0 unspecified atom stereocenters. The second-order valence-corrected chi connectivity index (χ2v) is 5.36. The van der Waals surface area contributed by atoms with E-state index in [2.05, 4.69) is 16.4 Å². The predicted octanol–water partition coefficient (Wildman–Crippen LogP) is 4.64. The summed E-state index contributed by atoms with van der Waals surface area (Å²) in [6, 6.07) is 23.1. The maximum atomic E-state index is 12.5. The summed E-state index contributed by atoms with van der Waals surface area (Å²) >= 11 is 0. The van der Waals surface area contributed by atoms with Crippen LogP contribution < -0.4 is 5.32 Å². The third-order valence-electron chi connectivity index (χ3n) is 3.90. The molecule has 1 aromatic heterocycles. The normalized spacial score (nSPS) is 10.8. The molecular formula is C20H14N2O. The highest BCUT2D eigenvalue weighted by Gasteiger charge is 2.10. The zero-order valence-electron chi connectivity index (χ0n) is 12.4. The van der Waals surface area contributed by atoms with Crippen molar-refractivity contribution >= 4 is 33.3 Å². The lowest BCUT2D eigenvalue weighted by Gasteiger charge is -2.11. The minimum absolute atomic E-state index is 0.119. The highest BCUT2D eigenvalue weighted by atomic mass is 16.1. The molecule has 0 atom stereocenters. The SMILES string of the molecule is O=C(Nc1cccc2ccc3cccnc3c12)c1ccccc1. The van der Waals surface area contributed by atoms with Crippen LogP contribution in [-0.4, -0.2) is 10.9 Å². The smallest absolute Gasteiger partial charge is 0.255 e. The van der Waals surface area contributed by atoms with E-state index >= 15 is 0 Å². The van der Waals surface area contributed by atoms with Crippen LogP contribution >= 0.6 is 0 Å². The first-order valence-corrected chi connectivity index (χ1v) is 7.46. The van der Waals surface area contributed by atoms with Gasteiger partial charge in [0.05, 0.1) is 11.2 Å². The van der Waals surface area contributed by atoms with Crippen molar-refractivity contribution in [1.82, 2.24) is 4.98 Å². The van der Waals surface area contributed by atoms with Gasteiger partial charge in [0.25, 0.3) is 5.91 Å². The quantitative estimate of drug-likeness (QED) is 0.548. The maximum Gasteiger partial charge on any atom is 0.255 e. The number of aromatic nitrogens is 1. The molecule has 0 saturated heterocycles. The van der Waals surface area contributed by atoms with Gasteiger partial charge in [0.15, 0.2) is 0 Å². The summed E-state index contributed by atoms with van der Waals surface area (Å²) in [5.74, 6) is -0.119. The lowest BCUT2D eigenvalue weighted by Crippen LogP contribution is -2.12. The fourth-order valence-corrected chi connectivity index (χ4v) is 2.80. The third-order valence-corrected chi connectivity index (χ3v) is 3.90. The van der Waals surface area contributed by atoms with Gasteiger partial charge in [-0.15, -0.1) is 0 Å². The van der Waals surface area contributed by atoms with Gasteiger partial charge in [0.2, 0.25) is 0 Å². The molecule has 110 valence electrons. The molecule has 1 amide bonds. The number of pyridine rings is 1. The Morgan fingerprint density at radius 1 is 0.783 bits per heavy atom. The molecule has 4 rings (SSSR count). The number of hydrogen-bond donors (Lipinski definition) is 1. The van der Waals surface area contributed by atoms with Crippen LogP contribution in [0.15, 0.2) is 79.0 Å². The number of rotatable bonds is 2. The third kappa shape index (κ3) is 2.42. The highest BCUT2D eigenvalue weighted by molar-refractivity contribution is 6.16. The van der Waals surface area contributed by atoms with Crippen LogP contribution in [0.3, 0.4) is 0 Å². The van der Waals surface area contributed by atoms with Crippen LogP contribution in [0.1, 0.15) is 10.4 Å². The Kier molecular flexibility index (Phi) is 3.24. The standard InChI is InChI=1S/C20H14N2O/c23-20(16-6-2-1-3-7-16)22-17-10-4-8-14-11-12-15-9-5-13-21-19(15)18(14)17/h1-13H,(H,22,23). The van der Waals surface area contributed by atoms with Crippen LogP contribution in [0.2, 0.25) is 0 Å². The number of nitrogens with one attached hydrogen (secondary N) is 1. The van der Waals surface area contributed by atoms with E-state index in [1.165, 1.54) is 0 Å². The molecule has 0 aliphatic rings. The van der Waals surface area contributed by atoms with E-state index in [4.69, 9.17) is 0 Å². The summed E-state index contributed by atoms with van der Waals surface area (Å²) in [5.41, 5.74) is 2.31. The van der Waals surface area contributed by atoms with Crippen LogP contribution in [-0.2, 0) is 0 Å². The molecule has 4 aromatic rings. The minimum atomic E-state index is -0.119. The first-order valence-electron chi connectivity index (χ1n) is 7.46. The molecule has 3 aromatic carbocycles. The Bertz CT molecular complexity index is 1010. The lowest BCUT2D eigenvalue weighted by molar-refractivity contribution is 0.102. The van der Waals surface area contributed by atoms with Gasteiger partial charge in [-0.1, -0.05) is 48.5 Å². The fraction of sp³-hybridized carbons (Fsp3) is 0. The molecular weight excluding hydrogens is 284 g/mol. The predicted molar refractivity (Wildman–Crippen MR) is 93.6 cm³/mol. The molecule has 0 fully saturated rings. The number of benzene rings is 3. The van der Waals surface area contributed by atoms with E-state index in [0.29, 0.717) is 5.56 Å². The maximum absolute atomic E-state index is 12.5. The Morgan fingerprint density at radius 2 is 1.57 bits per heavy atom. The minimum Gasteiger partial charge on any atom is -0.321 e. The number of amides is 1. The van der Waals surface area contributed by atoms with Crippen LogP contribution in [0.4, 0.5) is 5.69 Å². The van der Waals surface area contributed by atoms with E-state index in [9.17, 15) is 4.79 Å². The van der Waals surface area contributed by atoms with Gasteiger partial charge < -0.3 is 5.32 Å². The molecule has 0 radical (unpaired) electrons. The van der Waals surface area contributed by atoms with E-state index < -0.39 is 0 Å². The Balaban J connectivity index is 1.87. The Morgan fingerprint density at radius 3 is 2.43 bits per heavy atom. The average Bonchev–Trinajstić information content (AvgIpc) is 2.62. The van der Waals surface area contributed by atoms with E-state index in [-0.39, 0.29) is 5.91 Å². The summed E-state index contributed by atoms with van der Waals surface area (Å²) in [6.45, 7) is 0. The molecule has 0 saturated carbocycles. The van der Waals surface area contributed by atoms with Gasteiger partial charge in [-0.2, -0.15) is 0 Å². The molecule has 0 aliphatic heterocycles. The molecule has 0 spiro atoms. The molecule has 23 heavy (non-hydrogen) atoms. The van der Waals surface area contributed by atoms with Gasteiger partial charge in [-0.05, 0) is 29.7 Å². The molecule has 1 heterocycles.